The van der Waals surface area contributed by atoms with Gasteiger partial charge in [-0.1, -0.05) is 23.8 Å². The third-order valence-electron chi connectivity index (χ3n) is 3.73. The van der Waals surface area contributed by atoms with Gasteiger partial charge in [0.1, 0.15) is 0 Å². The van der Waals surface area contributed by atoms with Crippen LogP contribution in [0.2, 0.25) is 0 Å². The fourth-order valence-electron chi connectivity index (χ4n) is 2.70. The number of aromatic nitrogens is 1. The maximum Gasteiger partial charge on any atom is 0.251 e. The van der Waals surface area contributed by atoms with E-state index in [1.165, 1.54) is 0 Å². The minimum absolute atomic E-state index is 0.113. The first-order valence-corrected chi connectivity index (χ1v) is 8.00. The Balaban J connectivity index is 1.79. The van der Waals surface area contributed by atoms with Crippen molar-refractivity contribution in [3.63, 3.8) is 0 Å². The topological polar surface area (TPSA) is 71.1 Å². The molecule has 24 heavy (non-hydrogen) atoms. The summed E-state index contributed by atoms with van der Waals surface area (Å²) in [6.45, 7) is 6.56. The van der Waals surface area contributed by atoms with Gasteiger partial charge in [-0.05, 0) is 44.0 Å². The third kappa shape index (κ3) is 4.91. The zero-order chi connectivity index (χ0) is 17.5. The Kier molecular flexibility index (Phi) is 6.07. The minimum atomic E-state index is -0.137. The van der Waals surface area contributed by atoms with Crippen LogP contribution in [0.4, 0.5) is 0 Å². The van der Waals surface area contributed by atoms with Crippen molar-refractivity contribution in [2.45, 2.75) is 33.7 Å². The molecule has 2 amide bonds. The number of aryl methyl sites for hydroxylation is 3. The Hall–Kier alpha value is -2.69. The Morgan fingerprint density at radius 2 is 1.75 bits per heavy atom. The second-order valence-electron chi connectivity index (χ2n) is 5.88. The predicted molar refractivity (Wildman–Crippen MR) is 93.7 cm³/mol. The van der Waals surface area contributed by atoms with Crippen LogP contribution in [-0.2, 0) is 11.3 Å². The van der Waals surface area contributed by atoms with Gasteiger partial charge >= 0.3 is 0 Å². The van der Waals surface area contributed by atoms with Crippen molar-refractivity contribution < 1.29 is 9.59 Å². The zero-order valence-corrected chi connectivity index (χ0v) is 14.3. The van der Waals surface area contributed by atoms with E-state index in [2.05, 4.69) is 15.6 Å². The molecule has 0 saturated heterocycles. The molecule has 1 aromatic heterocycles. The molecule has 0 aliphatic carbocycles. The van der Waals surface area contributed by atoms with E-state index in [1.807, 2.05) is 51.1 Å². The van der Waals surface area contributed by atoms with Crippen LogP contribution >= 0.6 is 0 Å². The number of pyridine rings is 1. The highest BCUT2D eigenvalue weighted by Crippen LogP contribution is 2.16. The quantitative estimate of drug-likeness (QED) is 0.857. The van der Waals surface area contributed by atoms with Gasteiger partial charge < -0.3 is 10.6 Å². The van der Waals surface area contributed by atoms with Crippen molar-refractivity contribution in [2.75, 3.05) is 6.54 Å². The molecule has 0 radical (unpaired) electrons. The number of nitrogens with one attached hydrogen (secondary N) is 2. The number of hydrogen-bond acceptors (Lipinski definition) is 3. The van der Waals surface area contributed by atoms with Crippen molar-refractivity contribution in [3.8, 4) is 0 Å². The molecule has 2 rings (SSSR count). The normalized spacial score (nSPS) is 10.3. The van der Waals surface area contributed by atoms with Crippen molar-refractivity contribution in [1.29, 1.82) is 0 Å². The van der Waals surface area contributed by atoms with Crippen LogP contribution in [0.25, 0.3) is 0 Å². The van der Waals surface area contributed by atoms with Gasteiger partial charge in [0, 0.05) is 24.7 Å². The molecule has 1 aromatic carbocycles. The van der Waals surface area contributed by atoms with Crippen LogP contribution < -0.4 is 10.6 Å². The smallest absolute Gasteiger partial charge is 0.251 e. The summed E-state index contributed by atoms with van der Waals surface area (Å²) in [7, 11) is 0. The molecule has 0 unspecified atom stereocenters. The number of rotatable bonds is 6. The largest absolute Gasteiger partial charge is 0.352 e. The Labute approximate surface area is 142 Å². The van der Waals surface area contributed by atoms with Gasteiger partial charge in [-0.2, -0.15) is 0 Å². The summed E-state index contributed by atoms with van der Waals surface area (Å²) in [5.74, 6) is -0.249. The average molecular weight is 325 g/mol. The van der Waals surface area contributed by atoms with E-state index in [4.69, 9.17) is 0 Å². The van der Waals surface area contributed by atoms with E-state index < -0.39 is 0 Å². The second kappa shape index (κ2) is 8.24. The monoisotopic (exact) mass is 325 g/mol. The van der Waals surface area contributed by atoms with Crippen molar-refractivity contribution in [1.82, 2.24) is 15.6 Å². The van der Waals surface area contributed by atoms with E-state index in [1.54, 1.807) is 6.20 Å². The molecule has 0 saturated carbocycles. The van der Waals surface area contributed by atoms with Gasteiger partial charge in [-0.15, -0.1) is 0 Å². The molecule has 2 N–H and O–H groups in total. The number of amides is 2. The number of benzene rings is 1. The second-order valence-corrected chi connectivity index (χ2v) is 5.88. The highest BCUT2D eigenvalue weighted by atomic mass is 16.2. The molecule has 5 heteroatoms. The van der Waals surface area contributed by atoms with Crippen molar-refractivity contribution in [2.24, 2.45) is 0 Å². The van der Waals surface area contributed by atoms with Crippen LogP contribution in [0.3, 0.4) is 0 Å². The lowest BCUT2D eigenvalue weighted by Crippen LogP contribution is -2.31. The summed E-state index contributed by atoms with van der Waals surface area (Å²) in [5, 5.41) is 5.60. The van der Waals surface area contributed by atoms with Crippen molar-refractivity contribution in [3.05, 3.63) is 64.5 Å². The predicted octanol–water partition coefficient (Wildman–Crippen LogP) is 2.44. The fraction of sp³-hybridized carbons (Fsp3) is 0.316. The summed E-state index contributed by atoms with van der Waals surface area (Å²) in [4.78, 5) is 28.3. The molecule has 2 aromatic rings. The maximum absolute atomic E-state index is 12.3. The summed E-state index contributed by atoms with van der Waals surface area (Å²) >= 11 is 0. The van der Waals surface area contributed by atoms with Gasteiger partial charge in [0.15, 0.2) is 0 Å². The lowest BCUT2D eigenvalue weighted by molar-refractivity contribution is -0.121. The van der Waals surface area contributed by atoms with Crippen molar-refractivity contribution >= 4 is 11.8 Å². The number of carbonyl (C=O) groups is 2. The van der Waals surface area contributed by atoms with E-state index in [0.717, 1.165) is 22.4 Å². The molecule has 0 bridgehead atoms. The first kappa shape index (κ1) is 17.7. The number of nitrogens with zero attached hydrogens (tertiary/aromatic N) is 1. The van der Waals surface area contributed by atoms with Gasteiger partial charge in [0.05, 0.1) is 12.2 Å². The van der Waals surface area contributed by atoms with E-state index >= 15 is 0 Å². The van der Waals surface area contributed by atoms with Gasteiger partial charge in [0.2, 0.25) is 5.91 Å². The number of carbonyl (C=O) groups excluding carboxylic acids is 2. The maximum atomic E-state index is 12.3. The Morgan fingerprint density at radius 3 is 2.38 bits per heavy atom. The van der Waals surface area contributed by atoms with Gasteiger partial charge in [-0.25, -0.2) is 0 Å². The molecule has 0 fully saturated rings. The molecule has 0 atom stereocenters. The summed E-state index contributed by atoms with van der Waals surface area (Å²) in [5.41, 5.74) is 4.53. The molecule has 0 spiro atoms. The molecular weight excluding hydrogens is 302 g/mol. The van der Waals surface area contributed by atoms with E-state index in [-0.39, 0.29) is 18.2 Å². The molecule has 5 nitrogen and oxygen atoms in total. The highest BCUT2D eigenvalue weighted by molar-refractivity contribution is 5.97. The lowest BCUT2D eigenvalue weighted by Gasteiger charge is -2.11. The first-order valence-electron chi connectivity index (χ1n) is 8.00. The van der Waals surface area contributed by atoms with Crippen LogP contribution in [0.1, 0.15) is 39.2 Å². The van der Waals surface area contributed by atoms with Crippen LogP contribution in [0, 0.1) is 20.8 Å². The lowest BCUT2D eigenvalue weighted by atomic mass is 9.99. The average Bonchev–Trinajstić information content (AvgIpc) is 2.53. The first-order chi connectivity index (χ1) is 11.5. The molecule has 0 aliphatic rings. The molecular formula is C19H23N3O2. The Morgan fingerprint density at radius 1 is 1.04 bits per heavy atom. The van der Waals surface area contributed by atoms with Crippen LogP contribution in [0.15, 0.2) is 36.5 Å². The summed E-state index contributed by atoms with van der Waals surface area (Å²) < 4.78 is 0. The minimum Gasteiger partial charge on any atom is -0.352 e. The number of hydrogen-bond donors (Lipinski definition) is 2. The van der Waals surface area contributed by atoms with E-state index in [0.29, 0.717) is 18.7 Å². The summed E-state index contributed by atoms with van der Waals surface area (Å²) in [6.07, 6.45) is 1.93. The summed E-state index contributed by atoms with van der Waals surface area (Å²) in [6, 6.07) is 9.53. The Bertz CT molecular complexity index is 704. The molecule has 0 aliphatic heterocycles. The molecule has 1 heterocycles. The third-order valence-corrected chi connectivity index (χ3v) is 3.73. The van der Waals surface area contributed by atoms with Crippen LogP contribution in [0.5, 0.6) is 0 Å². The van der Waals surface area contributed by atoms with Gasteiger partial charge in [0.25, 0.3) is 5.91 Å². The van der Waals surface area contributed by atoms with E-state index in [9.17, 15) is 9.59 Å². The fourth-order valence-corrected chi connectivity index (χ4v) is 2.70. The van der Waals surface area contributed by atoms with Gasteiger partial charge in [-0.3, -0.25) is 14.6 Å². The highest BCUT2D eigenvalue weighted by Gasteiger charge is 2.12. The molecule has 126 valence electrons. The SMILES string of the molecule is Cc1cc(C)c(C(=O)NCCC(=O)NCc2ccccn2)c(C)c1. The van der Waals surface area contributed by atoms with Crippen LogP contribution in [-0.4, -0.2) is 23.3 Å². The zero-order valence-electron chi connectivity index (χ0n) is 14.3. The standard InChI is InChI=1S/C19H23N3O2/c1-13-10-14(2)18(15(3)11-13)19(24)21-9-7-17(23)22-12-16-6-4-5-8-20-16/h4-6,8,10-11H,7,9,12H2,1-3H3,(H,21,24)(H,22,23).